The van der Waals surface area contributed by atoms with Gasteiger partial charge in [-0.05, 0) is 109 Å². The van der Waals surface area contributed by atoms with Crippen LogP contribution >= 0.6 is 0 Å². The van der Waals surface area contributed by atoms with Crippen LogP contribution in [0.25, 0.3) is 0 Å². The first-order valence-corrected chi connectivity index (χ1v) is 35.9. The van der Waals surface area contributed by atoms with Crippen LogP contribution < -0.4 is 0 Å². The van der Waals surface area contributed by atoms with Gasteiger partial charge in [-0.25, -0.2) is 0 Å². The number of esters is 3. The second-order valence-corrected chi connectivity index (χ2v) is 24.1. The minimum atomic E-state index is -0.797. The van der Waals surface area contributed by atoms with Gasteiger partial charge in [-0.3, -0.25) is 14.4 Å². The van der Waals surface area contributed by atoms with Crippen molar-refractivity contribution in [1.82, 2.24) is 0 Å². The minimum absolute atomic E-state index is 0.0888. The molecule has 0 heterocycles. The first-order chi connectivity index (χ1) is 40.5. The summed E-state index contributed by atoms with van der Waals surface area (Å²) in [5, 5.41) is 0. The highest BCUT2D eigenvalue weighted by atomic mass is 16.6. The van der Waals surface area contributed by atoms with E-state index in [-0.39, 0.29) is 31.1 Å². The van der Waals surface area contributed by atoms with Gasteiger partial charge in [0.15, 0.2) is 6.10 Å². The van der Waals surface area contributed by atoms with Gasteiger partial charge < -0.3 is 14.2 Å². The smallest absolute Gasteiger partial charge is 0.306 e. The lowest BCUT2D eigenvalue weighted by molar-refractivity contribution is -0.167. The molecule has 0 N–H and O–H groups in total. The monoisotopic (exact) mass is 1150 g/mol. The average Bonchev–Trinajstić information content (AvgIpc) is 3.47. The van der Waals surface area contributed by atoms with Gasteiger partial charge in [-0.1, -0.05) is 318 Å². The molecule has 0 amide bonds. The number of carbonyl (C=O) groups excluding carboxylic acids is 3. The zero-order chi connectivity index (χ0) is 59.2. The van der Waals surface area contributed by atoms with Crippen LogP contribution in [0.1, 0.15) is 374 Å². The minimum Gasteiger partial charge on any atom is -0.462 e. The van der Waals surface area contributed by atoms with Gasteiger partial charge in [0.25, 0.3) is 0 Å². The van der Waals surface area contributed by atoms with E-state index in [1.165, 1.54) is 238 Å². The fourth-order valence-corrected chi connectivity index (χ4v) is 10.5. The molecule has 0 spiro atoms. The molecule has 0 aromatic rings. The predicted octanol–water partition coefficient (Wildman–Crippen LogP) is 24.8. The summed E-state index contributed by atoms with van der Waals surface area (Å²) in [6, 6.07) is 0. The van der Waals surface area contributed by atoms with Crippen molar-refractivity contribution in [3.63, 3.8) is 0 Å². The lowest BCUT2D eigenvalue weighted by Gasteiger charge is -2.18. The molecule has 0 aromatic carbocycles. The summed E-state index contributed by atoms with van der Waals surface area (Å²) in [5.74, 6) is -0.922. The Bertz CT molecular complexity index is 1500. The van der Waals surface area contributed by atoms with Crippen LogP contribution in [0.2, 0.25) is 0 Å². The van der Waals surface area contributed by atoms with E-state index < -0.39 is 6.10 Å². The van der Waals surface area contributed by atoms with Crippen molar-refractivity contribution in [3.05, 3.63) is 72.9 Å². The Balaban J connectivity index is 4.17. The van der Waals surface area contributed by atoms with Gasteiger partial charge in [0.1, 0.15) is 13.2 Å². The van der Waals surface area contributed by atoms with Gasteiger partial charge in [0.05, 0.1) is 0 Å². The highest BCUT2D eigenvalue weighted by Gasteiger charge is 2.19. The van der Waals surface area contributed by atoms with E-state index in [4.69, 9.17) is 14.2 Å². The van der Waals surface area contributed by atoms with Gasteiger partial charge >= 0.3 is 17.9 Å². The summed E-state index contributed by atoms with van der Waals surface area (Å²) in [6.45, 7) is 6.53. The Morgan fingerprint density at radius 3 is 0.780 bits per heavy atom. The molecule has 0 aliphatic carbocycles. The molecule has 0 saturated carbocycles. The highest BCUT2D eigenvalue weighted by Crippen LogP contribution is 2.18. The summed E-state index contributed by atoms with van der Waals surface area (Å²) in [6.07, 6.45) is 92.4. The molecular formula is C76H136O6. The zero-order valence-electron chi connectivity index (χ0n) is 54.8. The van der Waals surface area contributed by atoms with Crippen molar-refractivity contribution >= 4 is 17.9 Å². The second-order valence-electron chi connectivity index (χ2n) is 24.1. The quantitative estimate of drug-likeness (QED) is 0.0261. The number of allylic oxidation sites excluding steroid dienone is 12. The SMILES string of the molecule is CC/C=C\C/C=C\C/C=C\C/C=C\CCCCC(=O)OCC(COC(=O)CCCCCCCCCCCCCCCCCCCCCCC/C=C\CCCCCCCCCC)OC(=O)CCCCCCC/C=C\CCCCCCCCC. The Labute approximate surface area is 510 Å². The first-order valence-electron chi connectivity index (χ1n) is 35.9. The van der Waals surface area contributed by atoms with E-state index in [0.29, 0.717) is 19.3 Å². The molecule has 1 atom stereocenters. The zero-order valence-corrected chi connectivity index (χ0v) is 54.8. The second kappa shape index (κ2) is 70.3. The number of hydrogen-bond donors (Lipinski definition) is 0. The molecule has 6 nitrogen and oxygen atoms in total. The van der Waals surface area contributed by atoms with Gasteiger partial charge in [0, 0.05) is 19.3 Å². The molecule has 0 bridgehead atoms. The summed E-state index contributed by atoms with van der Waals surface area (Å²) in [4.78, 5) is 38.4. The number of hydrogen-bond acceptors (Lipinski definition) is 6. The number of ether oxygens (including phenoxy) is 3. The van der Waals surface area contributed by atoms with Crippen molar-refractivity contribution in [2.24, 2.45) is 0 Å². The Morgan fingerprint density at radius 1 is 0.256 bits per heavy atom. The van der Waals surface area contributed by atoms with E-state index in [2.05, 4.69) is 93.7 Å². The number of carbonyl (C=O) groups is 3. The lowest BCUT2D eigenvalue weighted by Crippen LogP contribution is -2.30. The largest absolute Gasteiger partial charge is 0.462 e. The maximum absolute atomic E-state index is 12.9. The van der Waals surface area contributed by atoms with E-state index in [1.54, 1.807) is 0 Å². The molecule has 0 saturated heterocycles. The maximum Gasteiger partial charge on any atom is 0.306 e. The molecule has 0 fully saturated rings. The predicted molar refractivity (Wildman–Crippen MR) is 358 cm³/mol. The van der Waals surface area contributed by atoms with Crippen LogP contribution in [0.15, 0.2) is 72.9 Å². The Morgan fingerprint density at radius 2 is 0.476 bits per heavy atom. The van der Waals surface area contributed by atoms with Crippen LogP contribution in [0, 0.1) is 0 Å². The lowest BCUT2D eigenvalue weighted by atomic mass is 10.0. The number of unbranched alkanes of at least 4 members (excludes halogenated alkanes) is 43. The molecular weight excluding hydrogens is 1010 g/mol. The van der Waals surface area contributed by atoms with Crippen molar-refractivity contribution in [2.75, 3.05) is 13.2 Å². The van der Waals surface area contributed by atoms with Crippen molar-refractivity contribution in [2.45, 2.75) is 380 Å². The summed E-state index contributed by atoms with van der Waals surface area (Å²) in [5.41, 5.74) is 0. The van der Waals surface area contributed by atoms with E-state index in [1.807, 2.05) is 0 Å². The van der Waals surface area contributed by atoms with Crippen LogP contribution in [0.5, 0.6) is 0 Å². The molecule has 476 valence electrons. The first kappa shape index (κ1) is 78.8. The molecule has 0 radical (unpaired) electrons. The molecule has 0 rings (SSSR count). The third kappa shape index (κ3) is 67.6. The van der Waals surface area contributed by atoms with Crippen LogP contribution in [0.4, 0.5) is 0 Å². The highest BCUT2D eigenvalue weighted by molar-refractivity contribution is 5.71. The van der Waals surface area contributed by atoms with Crippen LogP contribution in [-0.2, 0) is 28.6 Å². The number of rotatable bonds is 66. The van der Waals surface area contributed by atoms with Crippen molar-refractivity contribution < 1.29 is 28.6 Å². The molecule has 0 aliphatic rings. The van der Waals surface area contributed by atoms with Gasteiger partial charge in [-0.15, -0.1) is 0 Å². The fraction of sp³-hybridized carbons (Fsp3) is 0.803. The van der Waals surface area contributed by atoms with Crippen LogP contribution in [-0.4, -0.2) is 37.2 Å². The van der Waals surface area contributed by atoms with E-state index >= 15 is 0 Å². The Kier molecular flexibility index (Phi) is 67.6. The average molecular weight is 1150 g/mol. The fourth-order valence-electron chi connectivity index (χ4n) is 10.5. The van der Waals surface area contributed by atoms with Crippen molar-refractivity contribution in [3.8, 4) is 0 Å². The normalized spacial score (nSPS) is 12.5. The van der Waals surface area contributed by atoms with Gasteiger partial charge in [0.2, 0.25) is 0 Å². The van der Waals surface area contributed by atoms with E-state index in [9.17, 15) is 14.4 Å². The molecule has 1 unspecified atom stereocenters. The summed E-state index contributed by atoms with van der Waals surface area (Å²) < 4.78 is 16.9. The molecule has 0 aromatic heterocycles. The maximum atomic E-state index is 12.9. The topological polar surface area (TPSA) is 78.9 Å². The third-order valence-electron chi connectivity index (χ3n) is 15.9. The van der Waals surface area contributed by atoms with Gasteiger partial charge in [-0.2, -0.15) is 0 Å². The molecule has 82 heavy (non-hydrogen) atoms. The third-order valence-corrected chi connectivity index (χ3v) is 15.9. The summed E-state index contributed by atoms with van der Waals surface area (Å²) >= 11 is 0. The van der Waals surface area contributed by atoms with Crippen LogP contribution in [0.3, 0.4) is 0 Å². The Hall–Kier alpha value is -3.15. The molecule has 6 heteroatoms. The van der Waals surface area contributed by atoms with Crippen molar-refractivity contribution in [1.29, 1.82) is 0 Å². The standard InChI is InChI=1S/C76H136O6/c1-4-7-10-13-16-19-22-25-28-30-31-32-33-34-35-36-37-38-39-40-41-42-43-44-45-46-49-51-54-57-60-63-66-69-75(78)81-72-73(71-80-74(77)68-65-62-59-56-53-50-47-27-24-21-18-15-12-9-6-3)82-76(79)70-67-64-61-58-55-52-48-29-26-23-20-17-14-11-8-5-2/h9,12,18,21,27,29-31,47-48,53,56,73H,4-8,10-11,13-17,19-20,22-26,28,32-46,49-52,54-55,57-72H2,1-3H3/b12-9-,21-18-,31-30-,47-27-,48-29-,56-53-. The summed E-state index contributed by atoms with van der Waals surface area (Å²) in [7, 11) is 0. The van der Waals surface area contributed by atoms with E-state index in [0.717, 1.165) is 96.3 Å². The molecule has 0 aliphatic heterocycles.